The third kappa shape index (κ3) is 3.82. The lowest BCUT2D eigenvalue weighted by Gasteiger charge is -2.24. The van der Waals surface area contributed by atoms with Crippen molar-refractivity contribution in [3.05, 3.63) is 27.8 Å². The second-order valence-corrected chi connectivity index (χ2v) is 5.90. The van der Waals surface area contributed by atoms with Crippen molar-refractivity contribution in [1.82, 2.24) is 5.32 Å². The molecule has 0 aromatic heterocycles. The van der Waals surface area contributed by atoms with Crippen LogP contribution in [0.3, 0.4) is 0 Å². The molecule has 1 aliphatic heterocycles. The highest BCUT2D eigenvalue weighted by molar-refractivity contribution is 6.32. The first kappa shape index (κ1) is 18.5. The van der Waals surface area contributed by atoms with E-state index >= 15 is 0 Å². The van der Waals surface area contributed by atoms with Crippen molar-refractivity contribution in [1.29, 1.82) is 0 Å². The Morgan fingerprint density at radius 2 is 2.04 bits per heavy atom. The molecular weight excluding hydrogens is 358 g/mol. The third-order valence-corrected chi connectivity index (χ3v) is 3.92. The van der Waals surface area contributed by atoms with E-state index in [1.165, 1.54) is 0 Å². The van der Waals surface area contributed by atoms with Gasteiger partial charge in [-0.2, -0.15) is 0 Å². The van der Waals surface area contributed by atoms with Gasteiger partial charge in [0.15, 0.2) is 0 Å². The number of aromatic hydroxyl groups is 1. The van der Waals surface area contributed by atoms with Crippen LogP contribution in [0.15, 0.2) is 6.07 Å². The summed E-state index contributed by atoms with van der Waals surface area (Å²) in [6.45, 7) is 1.64. The Morgan fingerprint density at radius 1 is 1.40 bits per heavy atom. The van der Waals surface area contributed by atoms with Crippen molar-refractivity contribution in [2.45, 2.75) is 31.9 Å². The van der Waals surface area contributed by atoms with Gasteiger partial charge >= 0.3 is 17.9 Å². The van der Waals surface area contributed by atoms with Gasteiger partial charge in [0.05, 0.1) is 12.0 Å². The van der Waals surface area contributed by atoms with Crippen molar-refractivity contribution in [2.75, 3.05) is 0 Å². The second-order valence-electron chi connectivity index (χ2n) is 5.49. The second kappa shape index (κ2) is 6.98. The summed E-state index contributed by atoms with van der Waals surface area (Å²) in [7, 11) is 0. The largest absolute Gasteiger partial charge is 0.506 e. The fourth-order valence-corrected chi connectivity index (χ4v) is 2.73. The Labute approximate surface area is 146 Å². The predicted octanol–water partition coefficient (Wildman–Crippen LogP) is 0.805. The first-order valence-electron chi connectivity index (χ1n) is 7.12. The lowest BCUT2D eigenvalue weighted by Crippen LogP contribution is -2.42. The molecule has 1 amide bonds. The normalized spacial score (nSPS) is 17.2. The molecule has 134 valence electrons. The molecule has 0 fully saturated rings. The van der Waals surface area contributed by atoms with E-state index in [4.69, 9.17) is 26.6 Å². The number of phenols is 1. The van der Waals surface area contributed by atoms with Crippen molar-refractivity contribution < 1.29 is 39.2 Å². The Morgan fingerprint density at radius 3 is 2.60 bits per heavy atom. The van der Waals surface area contributed by atoms with Crippen LogP contribution < -0.4 is 5.32 Å². The fraction of sp³-hybridized carbons (Fsp3) is 0.333. The summed E-state index contributed by atoms with van der Waals surface area (Å²) in [5, 5.41) is 29.9. The van der Waals surface area contributed by atoms with Crippen molar-refractivity contribution >= 4 is 35.4 Å². The molecule has 0 radical (unpaired) electrons. The molecular formula is C15H14ClNO8. The van der Waals surface area contributed by atoms with Crippen LogP contribution in [-0.4, -0.2) is 51.3 Å². The molecule has 1 aromatic carbocycles. The number of carbonyl (C=O) groups excluding carboxylic acids is 2. The highest BCUT2D eigenvalue weighted by atomic mass is 35.5. The summed E-state index contributed by atoms with van der Waals surface area (Å²) < 4.78 is 4.99. The topological polar surface area (TPSA) is 150 Å². The van der Waals surface area contributed by atoms with E-state index in [1.807, 2.05) is 5.32 Å². The lowest BCUT2D eigenvalue weighted by molar-refractivity contribution is -0.145. The van der Waals surface area contributed by atoms with E-state index < -0.39 is 53.7 Å². The molecule has 0 unspecified atom stereocenters. The molecule has 25 heavy (non-hydrogen) atoms. The molecule has 1 heterocycles. The van der Waals surface area contributed by atoms with Crippen molar-refractivity contribution in [3.63, 3.8) is 0 Å². The maximum atomic E-state index is 12.2. The van der Waals surface area contributed by atoms with Crippen molar-refractivity contribution in [2.24, 2.45) is 0 Å². The minimum atomic E-state index is -1.72. The standard InChI is InChI=1S/C15H14ClNO8/c1-5-2-6-8(16)3-7(12(20)11(6)15(24)25-5)13(21)17-9(14(22)23)4-10(18)19/h3,5,9,20H,2,4H2,1H3,(H,17,21)(H,18,19)(H,22,23)/t5-,9+/m1/s1. The smallest absolute Gasteiger partial charge is 0.342 e. The van der Waals surface area contributed by atoms with E-state index in [9.17, 15) is 24.3 Å². The summed E-state index contributed by atoms with van der Waals surface area (Å²) in [4.78, 5) is 45.9. The number of aliphatic carboxylic acids is 2. The van der Waals surface area contributed by atoms with Gasteiger partial charge in [0.2, 0.25) is 0 Å². The number of esters is 1. The number of carboxylic acids is 2. The van der Waals surface area contributed by atoms with Gasteiger partial charge in [0, 0.05) is 11.4 Å². The van der Waals surface area contributed by atoms with Gasteiger partial charge in [-0.1, -0.05) is 11.6 Å². The van der Waals surface area contributed by atoms with E-state index in [-0.39, 0.29) is 17.0 Å². The zero-order valence-corrected chi connectivity index (χ0v) is 13.7. The molecule has 2 rings (SSSR count). The van der Waals surface area contributed by atoms with Crippen LogP contribution in [0.5, 0.6) is 5.75 Å². The van der Waals surface area contributed by atoms with Gasteiger partial charge in [-0.25, -0.2) is 9.59 Å². The fourth-order valence-electron chi connectivity index (χ4n) is 2.45. The third-order valence-electron chi connectivity index (χ3n) is 3.58. The summed E-state index contributed by atoms with van der Waals surface area (Å²) in [5.41, 5.74) is -0.396. The average Bonchev–Trinajstić information content (AvgIpc) is 2.48. The minimum Gasteiger partial charge on any atom is -0.506 e. The molecule has 10 heteroatoms. The molecule has 0 spiro atoms. The Bertz CT molecular complexity index is 775. The van der Waals surface area contributed by atoms with Crippen LogP contribution in [0, 0.1) is 0 Å². The van der Waals surface area contributed by atoms with E-state index in [0.29, 0.717) is 5.56 Å². The SMILES string of the molecule is C[C@@H]1Cc2c(Cl)cc(C(=O)N[C@@H](CC(=O)O)C(=O)O)c(O)c2C(=O)O1. The monoisotopic (exact) mass is 371 g/mol. The first-order chi connectivity index (χ1) is 11.6. The number of fused-ring (bicyclic) bond motifs is 1. The number of ether oxygens (including phenoxy) is 1. The molecule has 2 atom stereocenters. The zero-order valence-electron chi connectivity index (χ0n) is 12.9. The number of hydrogen-bond donors (Lipinski definition) is 4. The first-order valence-corrected chi connectivity index (χ1v) is 7.50. The Hall–Kier alpha value is -2.81. The summed E-state index contributed by atoms with van der Waals surface area (Å²) in [5.74, 6) is -5.64. The highest BCUT2D eigenvalue weighted by Crippen LogP contribution is 2.36. The van der Waals surface area contributed by atoms with Gasteiger partial charge in [-0.15, -0.1) is 0 Å². The van der Waals surface area contributed by atoms with Crippen LogP contribution in [-0.2, 0) is 20.7 Å². The molecule has 1 aliphatic rings. The molecule has 0 saturated carbocycles. The number of amides is 1. The van der Waals surface area contributed by atoms with Gasteiger partial charge in [-0.05, 0) is 18.6 Å². The number of benzene rings is 1. The van der Waals surface area contributed by atoms with Gasteiger partial charge in [0.1, 0.15) is 23.5 Å². The number of phenolic OH excluding ortho intramolecular Hbond substituents is 1. The zero-order chi connectivity index (χ0) is 18.9. The molecule has 0 bridgehead atoms. The molecule has 0 aliphatic carbocycles. The van der Waals surface area contributed by atoms with E-state index in [1.54, 1.807) is 6.92 Å². The minimum absolute atomic E-state index is 0.0339. The van der Waals surface area contributed by atoms with Gasteiger partial charge in [-0.3, -0.25) is 9.59 Å². The van der Waals surface area contributed by atoms with Crippen molar-refractivity contribution in [3.8, 4) is 5.75 Å². The number of cyclic esters (lactones) is 1. The molecule has 0 saturated heterocycles. The molecule has 9 nitrogen and oxygen atoms in total. The van der Waals surface area contributed by atoms with E-state index in [2.05, 4.69) is 0 Å². The molecule has 4 N–H and O–H groups in total. The van der Waals surface area contributed by atoms with Crippen LogP contribution in [0.4, 0.5) is 0 Å². The Kier molecular flexibility index (Phi) is 5.17. The lowest BCUT2D eigenvalue weighted by atomic mass is 9.95. The highest BCUT2D eigenvalue weighted by Gasteiger charge is 2.33. The van der Waals surface area contributed by atoms with Crippen LogP contribution in [0.2, 0.25) is 5.02 Å². The molecule has 1 aromatic rings. The predicted molar refractivity (Wildman–Crippen MR) is 82.8 cm³/mol. The Balaban J connectivity index is 2.40. The van der Waals surface area contributed by atoms with Crippen LogP contribution >= 0.6 is 11.6 Å². The summed E-state index contributed by atoms with van der Waals surface area (Å²) in [6, 6.07) is -0.623. The average molecular weight is 372 g/mol. The van der Waals surface area contributed by atoms with Crippen LogP contribution in [0.1, 0.15) is 39.6 Å². The number of carboxylic acid groups (broad SMARTS) is 2. The maximum absolute atomic E-state index is 12.2. The number of rotatable bonds is 5. The van der Waals surface area contributed by atoms with E-state index in [0.717, 1.165) is 6.07 Å². The van der Waals surface area contributed by atoms with Crippen LogP contribution in [0.25, 0.3) is 0 Å². The number of nitrogens with one attached hydrogen (secondary N) is 1. The number of halogens is 1. The quantitative estimate of drug-likeness (QED) is 0.555. The maximum Gasteiger partial charge on any atom is 0.342 e. The van der Waals surface area contributed by atoms with Gasteiger partial charge in [0.25, 0.3) is 5.91 Å². The summed E-state index contributed by atoms with van der Waals surface area (Å²) in [6.07, 6.45) is -1.07. The van der Waals surface area contributed by atoms with Gasteiger partial charge < -0.3 is 25.4 Å². The number of hydrogen-bond acceptors (Lipinski definition) is 6. The summed E-state index contributed by atoms with van der Waals surface area (Å²) >= 11 is 6.07. The number of carbonyl (C=O) groups is 4.